The fourth-order valence-corrected chi connectivity index (χ4v) is 2.14. The van der Waals surface area contributed by atoms with Crippen molar-refractivity contribution >= 4 is 48.0 Å². The van der Waals surface area contributed by atoms with Gasteiger partial charge in [0.2, 0.25) is 5.78 Å². The molecule has 21 heavy (non-hydrogen) atoms. The smallest absolute Gasteiger partial charge is 0.423 e. The highest BCUT2D eigenvalue weighted by molar-refractivity contribution is 6.31. The standard InChI is InChI=1S/C13H15ClN2O4.ClH/c1-8-6-9(4-5-10(8)15(2)3)12(11(18)7-17)16(14)13(19)20;/h4-7,12H,1-3H3,(H,19,20);1H. The molecule has 1 amide bonds. The van der Waals surface area contributed by atoms with Crippen molar-refractivity contribution in [1.82, 2.24) is 4.42 Å². The second-order valence-corrected chi connectivity index (χ2v) is 4.82. The van der Waals surface area contributed by atoms with Crippen LogP contribution in [0.3, 0.4) is 0 Å². The zero-order valence-electron chi connectivity index (χ0n) is 11.7. The molecule has 0 bridgehead atoms. The van der Waals surface area contributed by atoms with Gasteiger partial charge in [0, 0.05) is 31.6 Å². The normalized spacial score (nSPS) is 11.0. The number of benzene rings is 1. The predicted octanol–water partition coefficient (Wildman–Crippen LogP) is 2.43. The van der Waals surface area contributed by atoms with Crippen LogP contribution in [0.5, 0.6) is 0 Å². The molecule has 0 spiro atoms. The van der Waals surface area contributed by atoms with Crippen LogP contribution in [0.1, 0.15) is 17.2 Å². The number of aryl methyl sites for hydroxylation is 1. The van der Waals surface area contributed by atoms with Crippen molar-refractivity contribution in [1.29, 1.82) is 0 Å². The summed E-state index contributed by atoms with van der Waals surface area (Å²) in [6, 6.07) is 3.61. The molecule has 0 aliphatic rings. The first-order valence-corrected chi connectivity index (χ1v) is 6.08. The van der Waals surface area contributed by atoms with E-state index in [0.717, 1.165) is 11.3 Å². The van der Waals surface area contributed by atoms with E-state index in [4.69, 9.17) is 16.9 Å². The molecule has 0 aliphatic carbocycles. The van der Waals surface area contributed by atoms with E-state index in [1.54, 1.807) is 18.2 Å². The van der Waals surface area contributed by atoms with Crippen molar-refractivity contribution < 1.29 is 19.5 Å². The summed E-state index contributed by atoms with van der Waals surface area (Å²) in [7, 11) is 3.72. The van der Waals surface area contributed by atoms with Crippen LogP contribution in [-0.2, 0) is 9.59 Å². The minimum Gasteiger partial charge on any atom is -0.464 e. The lowest BCUT2D eigenvalue weighted by Gasteiger charge is -2.22. The number of nitrogens with zero attached hydrogens (tertiary/aromatic N) is 2. The van der Waals surface area contributed by atoms with Gasteiger partial charge in [0.15, 0.2) is 6.29 Å². The van der Waals surface area contributed by atoms with Crippen LogP contribution in [0, 0.1) is 6.92 Å². The second kappa shape index (κ2) is 7.85. The third-order valence-corrected chi connectivity index (χ3v) is 3.15. The van der Waals surface area contributed by atoms with Crippen LogP contribution in [0.4, 0.5) is 10.5 Å². The molecule has 0 saturated heterocycles. The number of amides is 1. The Balaban J connectivity index is 0.00000400. The number of Topliss-reactive ketones (excluding diaryl/α,β-unsaturated/α-hetero) is 1. The average Bonchev–Trinajstić information content (AvgIpc) is 2.38. The number of anilines is 1. The SMILES string of the molecule is Cc1cc(C(C(=O)C=O)N(Cl)C(=O)O)ccc1N(C)C.Cl. The highest BCUT2D eigenvalue weighted by Gasteiger charge is 2.30. The summed E-state index contributed by atoms with van der Waals surface area (Å²) in [5, 5.41) is 8.89. The van der Waals surface area contributed by atoms with Gasteiger partial charge >= 0.3 is 6.09 Å². The largest absolute Gasteiger partial charge is 0.464 e. The van der Waals surface area contributed by atoms with E-state index >= 15 is 0 Å². The lowest BCUT2D eigenvalue weighted by atomic mass is 10.00. The molecule has 6 nitrogen and oxygen atoms in total. The lowest BCUT2D eigenvalue weighted by Crippen LogP contribution is -2.31. The first kappa shape index (κ1) is 19.2. The van der Waals surface area contributed by atoms with E-state index in [2.05, 4.69) is 0 Å². The van der Waals surface area contributed by atoms with Crippen molar-refractivity contribution in [2.24, 2.45) is 0 Å². The van der Waals surface area contributed by atoms with Gasteiger partial charge in [0.05, 0.1) is 0 Å². The number of ketones is 1. The van der Waals surface area contributed by atoms with Crippen LogP contribution in [0.25, 0.3) is 0 Å². The predicted molar refractivity (Wildman–Crippen MR) is 82.3 cm³/mol. The van der Waals surface area contributed by atoms with Gasteiger partial charge in [-0.25, -0.2) is 9.21 Å². The third kappa shape index (κ3) is 4.34. The molecule has 0 radical (unpaired) electrons. The Kier molecular flexibility index (Phi) is 7.18. The van der Waals surface area contributed by atoms with E-state index in [1.165, 1.54) is 0 Å². The molecule has 1 rings (SSSR count). The van der Waals surface area contributed by atoms with E-state index in [9.17, 15) is 14.4 Å². The minimum atomic E-state index is -1.50. The van der Waals surface area contributed by atoms with E-state index in [-0.39, 0.29) is 18.7 Å². The van der Waals surface area contributed by atoms with Gasteiger partial charge in [-0.05, 0) is 24.1 Å². The van der Waals surface area contributed by atoms with Gasteiger partial charge in [0.1, 0.15) is 6.04 Å². The Morgan fingerprint density at radius 2 is 1.90 bits per heavy atom. The number of hydrogen-bond donors (Lipinski definition) is 1. The van der Waals surface area contributed by atoms with Gasteiger partial charge < -0.3 is 10.0 Å². The third-order valence-electron chi connectivity index (χ3n) is 2.81. The number of carboxylic acid groups (broad SMARTS) is 1. The van der Waals surface area contributed by atoms with Crippen molar-refractivity contribution in [2.75, 3.05) is 19.0 Å². The number of rotatable bonds is 5. The highest BCUT2D eigenvalue weighted by Crippen LogP contribution is 2.28. The number of carbonyl (C=O) groups is 3. The molecule has 1 unspecified atom stereocenters. The number of halogens is 2. The molecule has 0 saturated carbocycles. The van der Waals surface area contributed by atoms with Crippen LogP contribution in [0.15, 0.2) is 18.2 Å². The molecule has 8 heteroatoms. The summed E-state index contributed by atoms with van der Waals surface area (Å²) in [6.45, 7) is 1.82. The number of hydrogen-bond acceptors (Lipinski definition) is 4. The van der Waals surface area contributed by atoms with Crippen molar-refractivity contribution in [3.63, 3.8) is 0 Å². The van der Waals surface area contributed by atoms with Crippen molar-refractivity contribution in [2.45, 2.75) is 13.0 Å². The average molecular weight is 335 g/mol. The van der Waals surface area contributed by atoms with Crippen LogP contribution in [0.2, 0.25) is 0 Å². The summed E-state index contributed by atoms with van der Waals surface area (Å²) in [5.74, 6) is -0.917. The Bertz CT molecular complexity index is 549. The minimum absolute atomic E-state index is 0. The number of carbonyl (C=O) groups excluding carboxylic acids is 2. The molecule has 1 aromatic rings. The first-order valence-electron chi connectivity index (χ1n) is 5.74. The zero-order valence-corrected chi connectivity index (χ0v) is 13.3. The Morgan fingerprint density at radius 1 is 1.33 bits per heavy atom. The lowest BCUT2D eigenvalue weighted by molar-refractivity contribution is -0.132. The van der Waals surface area contributed by atoms with Crippen LogP contribution < -0.4 is 4.90 Å². The zero-order chi connectivity index (χ0) is 15.4. The molecule has 1 aromatic carbocycles. The molecule has 1 N–H and O–H groups in total. The van der Waals surface area contributed by atoms with Gasteiger partial charge in [-0.3, -0.25) is 9.59 Å². The molecule has 0 heterocycles. The maximum Gasteiger partial charge on any atom is 0.423 e. The maximum absolute atomic E-state index is 11.6. The fraction of sp³-hybridized carbons (Fsp3) is 0.308. The van der Waals surface area contributed by atoms with E-state index < -0.39 is 17.9 Å². The van der Waals surface area contributed by atoms with Gasteiger partial charge in [-0.2, -0.15) is 0 Å². The molecule has 116 valence electrons. The summed E-state index contributed by atoms with van der Waals surface area (Å²) in [5.41, 5.74) is 2.11. The monoisotopic (exact) mass is 334 g/mol. The van der Waals surface area contributed by atoms with Crippen LogP contribution in [-0.4, -0.2) is 41.8 Å². The van der Waals surface area contributed by atoms with E-state index in [1.807, 2.05) is 25.9 Å². The molecule has 0 fully saturated rings. The van der Waals surface area contributed by atoms with Crippen molar-refractivity contribution in [3.05, 3.63) is 29.3 Å². The first-order chi connectivity index (χ1) is 9.29. The second-order valence-electron chi connectivity index (χ2n) is 4.46. The molecular weight excluding hydrogens is 319 g/mol. The van der Waals surface area contributed by atoms with Crippen LogP contribution >= 0.6 is 24.2 Å². The summed E-state index contributed by atoms with van der Waals surface area (Å²) in [4.78, 5) is 35.1. The maximum atomic E-state index is 11.6. The topological polar surface area (TPSA) is 77.9 Å². The highest BCUT2D eigenvalue weighted by atomic mass is 35.5. The van der Waals surface area contributed by atoms with Crippen molar-refractivity contribution in [3.8, 4) is 0 Å². The van der Waals surface area contributed by atoms with Gasteiger partial charge in [0.25, 0.3) is 0 Å². The molecule has 0 aliphatic heterocycles. The quantitative estimate of drug-likeness (QED) is 0.508. The fourth-order valence-electron chi connectivity index (χ4n) is 1.93. The Hall–Kier alpha value is -1.79. The summed E-state index contributed by atoms with van der Waals surface area (Å²) < 4.78 is 0.306. The number of aldehydes is 1. The van der Waals surface area contributed by atoms with Gasteiger partial charge in [-0.15, -0.1) is 12.4 Å². The summed E-state index contributed by atoms with van der Waals surface area (Å²) in [6.07, 6.45) is -1.43. The molecule has 1 atom stereocenters. The van der Waals surface area contributed by atoms with Gasteiger partial charge in [-0.1, -0.05) is 12.1 Å². The Morgan fingerprint density at radius 3 is 2.29 bits per heavy atom. The Labute approximate surface area is 133 Å². The molecule has 0 aromatic heterocycles. The van der Waals surface area contributed by atoms with E-state index in [0.29, 0.717) is 9.98 Å². The molecular formula is C13H16Cl2N2O4. The summed E-state index contributed by atoms with van der Waals surface area (Å²) >= 11 is 5.59.